The molecule has 1 aliphatic heterocycles. The van der Waals surface area contributed by atoms with Crippen LogP contribution in [0.15, 0.2) is 0 Å². The van der Waals surface area contributed by atoms with Gasteiger partial charge in [-0.15, -0.1) is 0 Å². The zero-order valence-electron chi connectivity index (χ0n) is 12.4. The predicted octanol–water partition coefficient (Wildman–Crippen LogP) is -0.306. The van der Waals surface area contributed by atoms with Crippen molar-refractivity contribution in [2.24, 2.45) is 5.84 Å². The van der Waals surface area contributed by atoms with Crippen LogP contribution in [0.4, 0.5) is 17.8 Å². The Kier molecular flexibility index (Phi) is 5.09. The molecule has 1 fully saturated rings. The Morgan fingerprint density at radius 2 is 1.95 bits per heavy atom. The molecule has 2 rings (SSSR count). The van der Waals surface area contributed by atoms with Gasteiger partial charge in [0, 0.05) is 19.6 Å². The SMILES string of the molecule is CCNC(=O)C(C)Nc1nc(NN)nc(N2CCCC2)n1. The van der Waals surface area contributed by atoms with Gasteiger partial charge in [0.1, 0.15) is 6.04 Å². The molecule has 2 heterocycles. The molecule has 1 amide bonds. The second-order valence-corrected chi connectivity index (χ2v) is 4.88. The molecule has 0 spiro atoms. The number of nitrogens with two attached hydrogens (primary N) is 1. The lowest BCUT2D eigenvalue weighted by Crippen LogP contribution is -2.38. The fourth-order valence-electron chi connectivity index (χ4n) is 2.14. The maximum absolute atomic E-state index is 11.7. The largest absolute Gasteiger partial charge is 0.355 e. The van der Waals surface area contributed by atoms with Crippen molar-refractivity contribution in [2.75, 3.05) is 35.3 Å². The smallest absolute Gasteiger partial charge is 0.243 e. The molecule has 0 aliphatic carbocycles. The van der Waals surface area contributed by atoms with Crippen LogP contribution < -0.4 is 26.8 Å². The van der Waals surface area contributed by atoms with Crippen LogP contribution >= 0.6 is 0 Å². The molecule has 0 aromatic carbocycles. The van der Waals surface area contributed by atoms with Crippen LogP contribution in [-0.2, 0) is 4.79 Å². The van der Waals surface area contributed by atoms with E-state index in [-0.39, 0.29) is 11.9 Å². The summed E-state index contributed by atoms with van der Waals surface area (Å²) in [6.45, 7) is 6.03. The van der Waals surface area contributed by atoms with Crippen molar-refractivity contribution in [3.05, 3.63) is 0 Å². The first-order valence-corrected chi connectivity index (χ1v) is 7.16. The third kappa shape index (κ3) is 3.91. The fourth-order valence-corrected chi connectivity index (χ4v) is 2.14. The van der Waals surface area contributed by atoms with Gasteiger partial charge in [-0.05, 0) is 26.7 Å². The summed E-state index contributed by atoms with van der Waals surface area (Å²) in [5.41, 5.74) is 2.43. The van der Waals surface area contributed by atoms with E-state index < -0.39 is 6.04 Å². The van der Waals surface area contributed by atoms with Gasteiger partial charge in [0.05, 0.1) is 0 Å². The molecule has 1 unspecified atom stereocenters. The second kappa shape index (κ2) is 7.02. The van der Waals surface area contributed by atoms with Gasteiger partial charge in [0.2, 0.25) is 23.8 Å². The number of amides is 1. The van der Waals surface area contributed by atoms with E-state index >= 15 is 0 Å². The Morgan fingerprint density at radius 1 is 1.29 bits per heavy atom. The van der Waals surface area contributed by atoms with Crippen molar-refractivity contribution in [3.8, 4) is 0 Å². The number of carbonyl (C=O) groups is 1. The lowest BCUT2D eigenvalue weighted by molar-refractivity contribution is -0.121. The lowest BCUT2D eigenvalue weighted by Gasteiger charge is -2.18. The number of nitrogen functional groups attached to an aromatic ring is 1. The van der Waals surface area contributed by atoms with Crippen LogP contribution in [0, 0.1) is 0 Å². The molecule has 116 valence electrons. The number of hydrogen-bond acceptors (Lipinski definition) is 8. The highest BCUT2D eigenvalue weighted by Gasteiger charge is 2.19. The van der Waals surface area contributed by atoms with Gasteiger partial charge < -0.3 is 15.5 Å². The fraction of sp³-hybridized carbons (Fsp3) is 0.667. The van der Waals surface area contributed by atoms with Crippen molar-refractivity contribution >= 4 is 23.8 Å². The van der Waals surface area contributed by atoms with Gasteiger partial charge in [-0.2, -0.15) is 15.0 Å². The average Bonchev–Trinajstić information content (AvgIpc) is 3.01. The molecule has 1 aliphatic rings. The third-order valence-corrected chi connectivity index (χ3v) is 3.23. The highest BCUT2D eigenvalue weighted by molar-refractivity contribution is 5.83. The summed E-state index contributed by atoms with van der Waals surface area (Å²) < 4.78 is 0. The maximum Gasteiger partial charge on any atom is 0.243 e. The first-order chi connectivity index (χ1) is 10.1. The van der Waals surface area contributed by atoms with Crippen LogP contribution in [0.3, 0.4) is 0 Å². The number of likely N-dealkylation sites (N-methyl/N-ethyl adjacent to an activating group) is 1. The van der Waals surface area contributed by atoms with Gasteiger partial charge in [-0.25, -0.2) is 5.84 Å². The van der Waals surface area contributed by atoms with Crippen LogP contribution in [-0.4, -0.2) is 46.5 Å². The number of hydrogen-bond donors (Lipinski definition) is 4. The van der Waals surface area contributed by atoms with Crippen molar-refractivity contribution in [1.82, 2.24) is 20.3 Å². The Bertz CT molecular complexity index is 488. The van der Waals surface area contributed by atoms with Gasteiger partial charge >= 0.3 is 0 Å². The van der Waals surface area contributed by atoms with Crippen LogP contribution in [0.2, 0.25) is 0 Å². The molecule has 1 saturated heterocycles. The van der Waals surface area contributed by atoms with Crippen molar-refractivity contribution in [3.63, 3.8) is 0 Å². The maximum atomic E-state index is 11.7. The Hall–Kier alpha value is -2.16. The summed E-state index contributed by atoms with van der Waals surface area (Å²) in [5, 5.41) is 5.71. The number of carbonyl (C=O) groups excluding carboxylic acids is 1. The number of nitrogens with one attached hydrogen (secondary N) is 3. The zero-order valence-corrected chi connectivity index (χ0v) is 12.4. The number of hydrazine groups is 1. The third-order valence-electron chi connectivity index (χ3n) is 3.23. The van der Waals surface area contributed by atoms with E-state index in [1.807, 2.05) is 6.92 Å². The zero-order chi connectivity index (χ0) is 15.2. The Morgan fingerprint density at radius 3 is 2.57 bits per heavy atom. The summed E-state index contributed by atoms with van der Waals surface area (Å²) in [6, 6.07) is -0.440. The Balaban J connectivity index is 2.14. The van der Waals surface area contributed by atoms with E-state index in [0.29, 0.717) is 18.4 Å². The molecule has 21 heavy (non-hydrogen) atoms. The quantitative estimate of drug-likeness (QED) is 0.416. The summed E-state index contributed by atoms with van der Waals surface area (Å²) >= 11 is 0. The van der Waals surface area contributed by atoms with Crippen molar-refractivity contribution in [2.45, 2.75) is 32.7 Å². The summed E-state index contributed by atoms with van der Waals surface area (Å²) in [7, 11) is 0. The van der Waals surface area contributed by atoms with E-state index in [2.05, 4.69) is 35.9 Å². The highest BCUT2D eigenvalue weighted by Crippen LogP contribution is 2.18. The van der Waals surface area contributed by atoms with Crippen LogP contribution in [0.25, 0.3) is 0 Å². The number of nitrogens with zero attached hydrogens (tertiary/aromatic N) is 4. The van der Waals surface area contributed by atoms with Crippen molar-refractivity contribution in [1.29, 1.82) is 0 Å². The number of anilines is 3. The van der Waals surface area contributed by atoms with Gasteiger partial charge in [0.25, 0.3) is 0 Å². The average molecular weight is 294 g/mol. The lowest BCUT2D eigenvalue weighted by atomic mass is 10.3. The first-order valence-electron chi connectivity index (χ1n) is 7.16. The minimum atomic E-state index is -0.440. The molecule has 1 aromatic heterocycles. The van der Waals surface area contributed by atoms with E-state index in [0.717, 1.165) is 25.9 Å². The molecule has 1 aromatic rings. The minimum absolute atomic E-state index is 0.108. The van der Waals surface area contributed by atoms with Gasteiger partial charge in [0.15, 0.2) is 0 Å². The minimum Gasteiger partial charge on any atom is -0.355 e. The molecular formula is C12H22N8O. The second-order valence-electron chi connectivity index (χ2n) is 4.88. The Labute approximate surface area is 123 Å². The molecule has 9 heteroatoms. The topological polar surface area (TPSA) is 121 Å². The first kappa shape index (κ1) is 15.2. The molecule has 0 bridgehead atoms. The highest BCUT2D eigenvalue weighted by atomic mass is 16.2. The molecular weight excluding hydrogens is 272 g/mol. The van der Waals surface area contributed by atoms with Gasteiger partial charge in [-0.1, -0.05) is 0 Å². The van der Waals surface area contributed by atoms with Crippen molar-refractivity contribution < 1.29 is 4.79 Å². The molecule has 0 radical (unpaired) electrons. The molecule has 1 atom stereocenters. The predicted molar refractivity (Wildman–Crippen MR) is 80.9 cm³/mol. The normalized spacial score (nSPS) is 15.7. The van der Waals surface area contributed by atoms with E-state index in [1.54, 1.807) is 6.92 Å². The monoisotopic (exact) mass is 294 g/mol. The summed E-state index contributed by atoms with van der Waals surface area (Å²) in [6.07, 6.45) is 2.24. The van der Waals surface area contributed by atoms with E-state index in [4.69, 9.17) is 5.84 Å². The molecule has 9 nitrogen and oxygen atoms in total. The molecule has 0 saturated carbocycles. The number of rotatable bonds is 6. The molecule has 5 N–H and O–H groups in total. The summed E-state index contributed by atoms with van der Waals surface area (Å²) in [5.74, 6) is 6.47. The van der Waals surface area contributed by atoms with Gasteiger partial charge in [-0.3, -0.25) is 10.2 Å². The van der Waals surface area contributed by atoms with E-state index in [1.165, 1.54) is 0 Å². The summed E-state index contributed by atoms with van der Waals surface area (Å²) in [4.78, 5) is 26.6. The standard InChI is InChI=1S/C12H22N8O/c1-3-14-9(21)8(2)15-10-16-11(19-13)18-12(17-10)20-6-4-5-7-20/h8H,3-7,13H2,1-2H3,(H,14,21)(H2,15,16,17,18,19). The van der Waals surface area contributed by atoms with Crippen LogP contribution in [0.5, 0.6) is 0 Å². The van der Waals surface area contributed by atoms with E-state index in [9.17, 15) is 4.79 Å². The number of aromatic nitrogens is 3. The van der Waals surface area contributed by atoms with Crippen LogP contribution in [0.1, 0.15) is 26.7 Å².